The summed E-state index contributed by atoms with van der Waals surface area (Å²) in [5, 5.41) is 70.2. The zero-order valence-corrected chi connectivity index (χ0v) is 86.5. The Kier molecular flexibility index (Phi) is 41.4. The normalized spacial score (nSPS) is 10.7. The summed E-state index contributed by atoms with van der Waals surface area (Å²) in [7, 11) is 0. The molecule has 0 aliphatic heterocycles. The van der Waals surface area contributed by atoms with Gasteiger partial charge in [0.1, 0.15) is 23.0 Å². The van der Waals surface area contributed by atoms with Crippen LogP contribution in [0.3, 0.4) is 0 Å². The van der Waals surface area contributed by atoms with Crippen LogP contribution < -0.4 is 0 Å². The molecule has 20 aromatic rings. The molecule has 4 N–H and O–H groups in total. The molecule has 0 spiro atoms. The maximum absolute atomic E-state index is 12.6. The molecule has 0 saturated heterocycles. The quantitative estimate of drug-likeness (QED) is 0.0652. The first-order valence-electron chi connectivity index (χ1n) is 42.0. The average Bonchev–Trinajstić information content (AvgIpc) is 1.81. The Balaban J connectivity index is 0.000000186. The topological polar surface area (TPSA) is 404 Å². The van der Waals surface area contributed by atoms with Crippen LogP contribution in [0.5, 0.6) is 23.0 Å². The molecule has 16 aromatic heterocycles. The molecule has 0 saturated carbocycles. The van der Waals surface area contributed by atoms with E-state index >= 15 is 0 Å². The third kappa shape index (κ3) is 32.6. The molecule has 16 heterocycles. The number of para-hydroxylation sites is 4. The standard InChI is InChI=1S/3C13H10F3N2.4C13H9N3O2.C11H7F3N3.4Ir/c1-8-3-5-11(17-7-8)10-4-6-12(13(14,15)16)18-9(10)2;1-8-3-4-11(17-7-8)10-5-9(2)18-12(6-10)13(14,15)16;1-8-4-3-5-11(17-8)10-6-9(2)18-12(7-10)13(14,15)16;4*17-11-6-2-1-5-10(11)13-16-15-12(18-13)9-4-3-7-14-8-9;1-7-8(10-15-5-2-6-16-10)3-4-9(17-7)11(12,13)14;;;;/h3,5-7H,1-2H3;3-5,7H,1-2H3;3-6H,1-2H3;4*1-8,17H;2,4-6H,1H3;;;;/q3*-1;;;;;-1;;;;. The molecule has 147 heavy (non-hydrogen) atoms. The summed E-state index contributed by atoms with van der Waals surface area (Å²) in [5.74, 6) is 3.39. The molecule has 0 fully saturated rings. The first-order valence-corrected chi connectivity index (χ1v) is 42.0. The zero-order valence-electron chi connectivity index (χ0n) is 76.9. The second-order valence-corrected chi connectivity index (χ2v) is 29.9. The summed E-state index contributed by atoms with van der Waals surface area (Å²) in [6.07, 6.45) is 1.62. The fourth-order valence-corrected chi connectivity index (χ4v) is 12.3. The van der Waals surface area contributed by atoms with Gasteiger partial charge in [-0.1, -0.05) is 104 Å². The number of benzene rings is 4. The number of hydrogen-bond acceptors (Lipinski definition) is 29. The summed E-state index contributed by atoms with van der Waals surface area (Å²) >= 11 is 0. The number of phenolic OH excluding ortho intramolecular Hbond substituents is 4. The van der Waals surface area contributed by atoms with Crippen LogP contribution in [-0.4, -0.2) is 126 Å². The fraction of sp³-hybridized carbons (Fsp3) is 0.108. The Morgan fingerprint density at radius 1 is 0.272 bits per heavy atom. The summed E-state index contributed by atoms with van der Waals surface area (Å²) in [6, 6.07) is 70.0. The van der Waals surface area contributed by atoms with Gasteiger partial charge in [-0.3, -0.25) is 39.9 Å². The Morgan fingerprint density at radius 3 is 0.884 bits per heavy atom. The molecule has 4 aromatic carbocycles. The van der Waals surface area contributed by atoms with E-state index in [9.17, 15) is 73.1 Å². The molecule has 0 aliphatic rings. The van der Waals surface area contributed by atoms with Gasteiger partial charge in [-0.2, -0.15) is 63.8 Å². The van der Waals surface area contributed by atoms with Crippen LogP contribution in [0.1, 0.15) is 62.4 Å². The molecule has 0 atom stereocenters. The molecule has 0 unspecified atom stereocenters. The van der Waals surface area contributed by atoms with Gasteiger partial charge in [0.05, 0.1) is 73.1 Å². The number of halogens is 12. The van der Waals surface area contributed by atoms with Gasteiger partial charge in [0.15, 0.2) is 0 Å². The van der Waals surface area contributed by atoms with E-state index in [4.69, 9.17) is 17.7 Å². The number of rotatable bonds is 12. The van der Waals surface area contributed by atoms with Crippen molar-refractivity contribution in [3.63, 3.8) is 0 Å². The summed E-state index contributed by atoms with van der Waals surface area (Å²) < 4.78 is 172. The first-order chi connectivity index (χ1) is 68.4. The SMILES string of the molecule is Cc1cc(-c2cccc(C)n2)[c-]c(C(F)(F)F)n1.Cc1ccc(-c2[c-]c(C(F)(F)F)nc(C)c2)nc1.Cc1ccc(-c2[c-]cc(C(F)(F)F)nc2C)nc1.Cc1nc(C(F)(F)F)c[c-]c1-c1ncccn1.Oc1ccccc1-c1nnc(-c2cccnc2)o1.Oc1ccccc1-c1nnc(-c2cccnc2)o1.Oc1ccccc1-c1nnc(-c2cccnc2)o1.Oc1ccccc1-c1nnc(-c2cccnc2)o1.[Ir].[Ir].[Ir].[Ir]. The predicted octanol–water partition coefficient (Wildman–Crippen LogP) is 23.4. The second kappa shape index (κ2) is 53.1. The maximum Gasteiger partial charge on any atom is 0.421 e. The molecule has 29 nitrogen and oxygen atoms in total. The van der Waals surface area contributed by atoms with Crippen LogP contribution in [0.15, 0.2) is 310 Å². The number of alkyl halides is 12. The third-order valence-corrected chi connectivity index (χ3v) is 19.1. The smallest absolute Gasteiger partial charge is 0.421 e. The minimum Gasteiger partial charge on any atom is -0.507 e. The van der Waals surface area contributed by atoms with Crippen LogP contribution in [-0.2, 0) is 105 Å². The van der Waals surface area contributed by atoms with Gasteiger partial charge in [0.2, 0.25) is 23.6 Å². The van der Waals surface area contributed by atoms with Crippen LogP contribution in [0.25, 0.3) is 137 Å². The van der Waals surface area contributed by atoms with Crippen molar-refractivity contribution in [2.75, 3.05) is 0 Å². The minimum absolute atomic E-state index is 0. The Morgan fingerprint density at radius 2 is 0.592 bits per heavy atom. The van der Waals surface area contributed by atoms with Crippen LogP contribution in [0.4, 0.5) is 52.7 Å². The Labute approximate surface area is 882 Å². The number of aromatic hydroxyl groups is 4. The van der Waals surface area contributed by atoms with E-state index in [1.165, 1.54) is 52.2 Å². The summed E-state index contributed by atoms with van der Waals surface area (Å²) in [6.45, 7) is 11.5. The third-order valence-electron chi connectivity index (χ3n) is 19.1. The Bertz CT molecular complexity index is 7120. The molecule has 20 rings (SSSR count). The number of pyridine rings is 11. The molecular weight excluding hydrogens is 2640 g/mol. The predicted molar refractivity (Wildman–Crippen MR) is 495 cm³/mol. The van der Waals surface area contributed by atoms with E-state index in [0.29, 0.717) is 102 Å². The van der Waals surface area contributed by atoms with Crippen molar-refractivity contribution >= 4 is 0 Å². The van der Waals surface area contributed by atoms with Gasteiger partial charge >= 0.3 is 24.7 Å². The van der Waals surface area contributed by atoms with E-state index in [0.717, 1.165) is 51.2 Å². The van der Waals surface area contributed by atoms with E-state index < -0.39 is 47.5 Å². The van der Waals surface area contributed by atoms with Crippen LogP contribution in [0.2, 0.25) is 0 Å². The fourth-order valence-electron chi connectivity index (χ4n) is 12.3. The van der Waals surface area contributed by atoms with Crippen molar-refractivity contribution in [2.45, 2.75) is 73.2 Å². The molecule has 4 radical (unpaired) electrons. The molecule has 0 aliphatic carbocycles. The second-order valence-electron chi connectivity index (χ2n) is 29.9. The molecule has 0 bridgehead atoms. The summed E-state index contributed by atoms with van der Waals surface area (Å²) in [5.41, 5.74) is 7.77. The van der Waals surface area contributed by atoms with Gasteiger partial charge in [-0.15, -0.1) is 94.9 Å². The van der Waals surface area contributed by atoms with Crippen molar-refractivity contribution < 1.29 is 171 Å². The number of phenols is 4. The van der Waals surface area contributed by atoms with E-state index in [2.05, 4.69) is 130 Å². The van der Waals surface area contributed by atoms with E-state index in [1.807, 2.05) is 44.2 Å². The number of aromatic nitrogens is 21. The Hall–Kier alpha value is -15.9. The van der Waals surface area contributed by atoms with Crippen molar-refractivity contribution in [1.29, 1.82) is 0 Å². The molecule has 758 valence electrons. The zero-order chi connectivity index (χ0) is 102. The molecular formula is C102H73F12Ir4N21O8-4. The monoisotopic (exact) mass is 2720 g/mol. The number of nitrogens with zero attached hydrogens (tertiary/aromatic N) is 21. The van der Waals surface area contributed by atoms with Crippen molar-refractivity contribution in [1.82, 2.24) is 106 Å². The van der Waals surface area contributed by atoms with Crippen LogP contribution >= 0.6 is 0 Å². The largest absolute Gasteiger partial charge is 0.507 e. The van der Waals surface area contributed by atoms with Gasteiger partial charge < -0.3 is 63.0 Å². The van der Waals surface area contributed by atoms with Gasteiger partial charge in [0.25, 0.3) is 23.6 Å². The van der Waals surface area contributed by atoms with E-state index in [1.54, 1.807) is 233 Å². The average molecular weight is 2720 g/mol. The minimum atomic E-state index is -4.50. The van der Waals surface area contributed by atoms with Crippen LogP contribution in [0, 0.1) is 72.7 Å². The van der Waals surface area contributed by atoms with Crippen molar-refractivity contribution in [2.24, 2.45) is 0 Å². The van der Waals surface area contributed by atoms with Gasteiger partial charge in [-0.25, -0.2) is 0 Å². The first kappa shape index (κ1) is 115. The van der Waals surface area contributed by atoms with Crippen molar-refractivity contribution in [3.8, 4) is 160 Å². The molecule has 0 amide bonds. The number of aryl methyl sites for hydroxylation is 7. The summed E-state index contributed by atoms with van der Waals surface area (Å²) in [4.78, 5) is 50.1. The van der Waals surface area contributed by atoms with Gasteiger partial charge in [0, 0.05) is 160 Å². The van der Waals surface area contributed by atoms with Crippen molar-refractivity contribution in [3.05, 3.63) is 379 Å². The molecule has 45 heteroatoms. The maximum atomic E-state index is 12.6. The number of hydrogen-bond donors (Lipinski definition) is 4. The van der Waals surface area contributed by atoms with E-state index in [-0.39, 0.29) is 138 Å². The van der Waals surface area contributed by atoms with Gasteiger partial charge in [-0.05, 0) is 195 Å².